The molecule has 0 bridgehead atoms. The number of aryl methyl sites for hydroxylation is 2. The van der Waals surface area contributed by atoms with Crippen LogP contribution in [0.1, 0.15) is 11.1 Å². The van der Waals surface area contributed by atoms with Crippen molar-refractivity contribution in [1.29, 1.82) is 0 Å². The Morgan fingerprint density at radius 3 is 1.15 bits per heavy atom. The summed E-state index contributed by atoms with van der Waals surface area (Å²) in [5, 5.41) is 0. The fraction of sp³-hybridized carbons (Fsp3) is 0.100. The third kappa shape index (κ3) is 3.43. The van der Waals surface area contributed by atoms with E-state index in [1.807, 2.05) is 0 Å². The Balaban J connectivity index is 2.12. The molecule has 0 unspecified atom stereocenters. The molecule has 0 spiro atoms. The van der Waals surface area contributed by atoms with E-state index >= 15 is 0 Å². The van der Waals surface area contributed by atoms with Crippen LogP contribution in [0, 0.1) is 13.8 Å². The Bertz CT molecular complexity index is 1090. The van der Waals surface area contributed by atoms with Gasteiger partial charge >= 0.3 is 0 Å². The Morgan fingerprint density at radius 2 is 0.808 bits per heavy atom. The van der Waals surface area contributed by atoms with Crippen molar-refractivity contribution in [3.8, 4) is 0 Å². The molecule has 26 heavy (non-hydrogen) atoms. The minimum Gasteiger partial charge on any atom is -0.219 e. The third-order valence-corrected chi connectivity index (χ3v) is 7.52. The number of hydrogen-bond donors (Lipinski definition) is 0. The van der Waals surface area contributed by atoms with E-state index in [-0.39, 0.29) is 19.6 Å². The maximum Gasteiger partial charge on any atom is 0.206 e. The molecule has 0 aliphatic rings. The van der Waals surface area contributed by atoms with Crippen molar-refractivity contribution in [3.63, 3.8) is 0 Å². The lowest BCUT2D eigenvalue weighted by molar-refractivity contribution is 0.594. The normalized spacial score (nSPS) is 12.1. The minimum atomic E-state index is -3.80. The SMILES string of the molecule is Cc1cccc(S(=O)(=O)c2cccc(S(=O)(=O)c3cccc(C)c3)c2)c1. The summed E-state index contributed by atoms with van der Waals surface area (Å²) in [7, 11) is -7.60. The molecule has 0 atom stereocenters. The topological polar surface area (TPSA) is 68.3 Å². The second-order valence-corrected chi connectivity index (χ2v) is 10.0. The van der Waals surface area contributed by atoms with Gasteiger partial charge in [0, 0.05) is 0 Å². The first-order valence-corrected chi connectivity index (χ1v) is 10.9. The highest BCUT2D eigenvalue weighted by Crippen LogP contribution is 2.27. The van der Waals surface area contributed by atoms with E-state index in [9.17, 15) is 16.8 Å². The summed E-state index contributed by atoms with van der Waals surface area (Å²) in [4.78, 5) is 0.193. The van der Waals surface area contributed by atoms with E-state index in [1.165, 1.54) is 36.4 Å². The van der Waals surface area contributed by atoms with Crippen LogP contribution in [0.25, 0.3) is 0 Å². The summed E-state index contributed by atoms with van der Waals surface area (Å²) in [6.45, 7) is 3.61. The quantitative estimate of drug-likeness (QED) is 0.680. The van der Waals surface area contributed by atoms with Crippen molar-refractivity contribution < 1.29 is 16.8 Å². The van der Waals surface area contributed by atoms with Gasteiger partial charge in [-0.3, -0.25) is 0 Å². The fourth-order valence-electron chi connectivity index (χ4n) is 2.65. The molecular weight excluding hydrogens is 368 g/mol. The minimum absolute atomic E-state index is 0.0446. The van der Waals surface area contributed by atoms with Crippen LogP contribution in [-0.4, -0.2) is 16.8 Å². The van der Waals surface area contributed by atoms with Crippen LogP contribution in [0.15, 0.2) is 92.4 Å². The molecule has 0 heterocycles. The van der Waals surface area contributed by atoms with Crippen molar-refractivity contribution in [1.82, 2.24) is 0 Å². The van der Waals surface area contributed by atoms with Crippen molar-refractivity contribution in [2.24, 2.45) is 0 Å². The molecule has 0 aromatic heterocycles. The maximum absolute atomic E-state index is 12.9. The van der Waals surface area contributed by atoms with E-state index < -0.39 is 19.7 Å². The molecule has 0 aliphatic heterocycles. The molecular formula is C20H18O4S2. The molecule has 0 aliphatic carbocycles. The first-order valence-electron chi connectivity index (χ1n) is 7.95. The van der Waals surface area contributed by atoms with Gasteiger partial charge in [-0.15, -0.1) is 0 Å². The van der Waals surface area contributed by atoms with Crippen LogP contribution in [0.3, 0.4) is 0 Å². The first kappa shape index (κ1) is 18.4. The molecule has 0 N–H and O–H groups in total. The summed E-state index contributed by atoms with van der Waals surface area (Å²) in [6.07, 6.45) is 0. The number of hydrogen-bond acceptors (Lipinski definition) is 4. The van der Waals surface area contributed by atoms with Crippen molar-refractivity contribution >= 4 is 19.7 Å². The molecule has 0 amide bonds. The van der Waals surface area contributed by atoms with Gasteiger partial charge in [0.2, 0.25) is 19.7 Å². The van der Waals surface area contributed by atoms with Gasteiger partial charge in [-0.1, -0.05) is 30.3 Å². The lowest BCUT2D eigenvalue weighted by Crippen LogP contribution is -2.06. The summed E-state index contributed by atoms with van der Waals surface area (Å²) >= 11 is 0. The lowest BCUT2D eigenvalue weighted by atomic mass is 10.2. The highest BCUT2D eigenvalue weighted by molar-refractivity contribution is 7.92. The predicted octanol–water partition coefficient (Wildman–Crippen LogP) is 3.97. The zero-order valence-corrected chi connectivity index (χ0v) is 16.0. The highest BCUT2D eigenvalue weighted by atomic mass is 32.2. The molecule has 4 nitrogen and oxygen atoms in total. The Morgan fingerprint density at radius 1 is 0.500 bits per heavy atom. The Hall–Kier alpha value is -2.44. The van der Waals surface area contributed by atoms with Gasteiger partial charge in [-0.2, -0.15) is 0 Å². The van der Waals surface area contributed by atoms with Crippen LogP contribution >= 0.6 is 0 Å². The summed E-state index contributed by atoms with van der Waals surface area (Å²) in [6, 6.07) is 18.6. The molecule has 0 saturated carbocycles. The first-order chi connectivity index (χ1) is 12.2. The summed E-state index contributed by atoms with van der Waals surface area (Å²) < 4.78 is 51.4. The van der Waals surface area contributed by atoms with E-state index in [0.29, 0.717) is 0 Å². The van der Waals surface area contributed by atoms with Gasteiger partial charge in [0.25, 0.3) is 0 Å². The summed E-state index contributed by atoms with van der Waals surface area (Å²) in [5.41, 5.74) is 1.63. The fourth-order valence-corrected chi connectivity index (χ4v) is 5.54. The Labute approximate surface area is 154 Å². The lowest BCUT2D eigenvalue weighted by Gasteiger charge is -2.09. The van der Waals surface area contributed by atoms with Crippen LogP contribution in [0.4, 0.5) is 0 Å². The molecule has 0 fully saturated rings. The van der Waals surface area contributed by atoms with Gasteiger partial charge in [0.1, 0.15) is 0 Å². The average molecular weight is 386 g/mol. The van der Waals surface area contributed by atoms with Crippen LogP contribution in [0.2, 0.25) is 0 Å². The van der Waals surface area contributed by atoms with Crippen molar-refractivity contribution in [2.75, 3.05) is 0 Å². The predicted molar refractivity (Wildman–Crippen MR) is 99.7 cm³/mol. The van der Waals surface area contributed by atoms with Crippen molar-refractivity contribution in [3.05, 3.63) is 83.9 Å². The largest absolute Gasteiger partial charge is 0.219 e. The molecule has 3 rings (SSSR count). The molecule has 3 aromatic carbocycles. The molecule has 134 valence electrons. The highest BCUT2D eigenvalue weighted by Gasteiger charge is 2.23. The number of benzene rings is 3. The second-order valence-electron chi connectivity index (χ2n) is 6.11. The molecule has 0 radical (unpaired) electrons. The van der Waals surface area contributed by atoms with Gasteiger partial charge in [-0.25, -0.2) is 16.8 Å². The zero-order chi connectivity index (χ0) is 18.9. The molecule has 3 aromatic rings. The van der Waals surface area contributed by atoms with E-state index in [1.54, 1.807) is 50.2 Å². The standard InChI is InChI=1S/C20H18O4S2/c1-15-6-3-8-17(12-15)25(21,22)19-10-5-11-20(14-19)26(23,24)18-9-4-7-16(2)13-18/h3-14H,1-2H3. The van der Waals surface area contributed by atoms with Crippen LogP contribution < -0.4 is 0 Å². The van der Waals surface area contributed by atoms with E-state index in [2.05, 4.69) is 0 Å². The molecule has 0 saturated heterocycles. The van der Waals surface area contributed by atoms with Crippen LogP contribution in [-0.2, 0) is 19.7 Å². The summed E-state index contributed by atoms with van der Waals surface area (Å²) in [5.74, 6) is 0. The Kier molecular flexibility index (Phi) is 4.73. The zero-order valence-electron chi connectivity index (χ0n) is 14.4. The van der Waals surface area contributed by atoms with Gasteiger partial charge in [0.05, 0.1) is 19.6 Å². The van der Waals surface area contributed by atoms with Gasteiger partial charge in [0.15, 0.2) is 0 Å². The monoisotopic (exact) mass is 386 g/mol. The number of rotatable bonds is 4. The molecule has 6 heteroatoms. The van der Waals surface area contributed by atoms with E-state index in [0.717, 1.165) is 11.1 Å². The van der Waals surface area contributed by atoms with Gasteiger partial charge in [-0.05, 0) is 67.4 Å². The van der Waals surface area contributed by atoms with Crippen molar-refractivity contribution in [2.45, 2.75) is 33.4 Å². The number of sulfone groups is 2. The van der Waals surface area contributed by atoms with E-state index in [4.69, 9.17) is 0 Å². The maximum atomic E-state index is 12.9. The smallest absolute Gasteiger partial charge is 0.206 e. The van der Waals surface area contributed by atoms with Crippen LogP contribution in [0.5, 0.6) is 0 Å². The van der Waals surface area contributed by atoms with Gasteiger partial charge < -0.3 is 0 Å². The average Bonchev–Trinajstić information content (AvgIpc) is 2.62. The second kappa shape index (κ2) is 6.70. The third-order valence-electron chi connectivity index (χ3n) is 4.03.